The van der Waals surface area contributed by atoms with Gasteiger partial charge in [0.1, 0.15) is 29.3 Å². The van der Waals surface area contributed by atoms with E-state index in [0.717, 1.165) is 6.07 Å². The van der Waals surface area contributed by atoms with E-state index in [1.807, 2.05) is 0 Å². The van der Waals surface area contributed by atoms with Gasteiger partial charge in [0.2, 0.25) is 0 Å². The van der Waals surface area contributed by atoms with Crippen molar-refractivity contribution >= 4 is 17.5 Å². The maximum absolute atomic E-state index is 13.6. The van der Waals surface area contributed by atoms with Gasteiger partial charge in [0, 0.05) is 19.4 Å². The number of benzene rings is 2. The summed E-state index contributed by atoms with van der Waals surface area (Å²) >= 11 is 5.88. The van der Waals surface area contributed by atoms with Crippen molar-refractivity contribution in [1.29, 1.82) is 0 Å². The molecule has 0 radical (unpaired) electrons. The lowest BCUT2D eigenvalue weighted by Gasteiger charge is -2.19. The number of carbonyl (C=O) groups is 1. The van der Waals surface area contributed by atoms with Gasteiger partial charge in [-0.25, -0.2) is 13.8 Å². The normalized spacial score (nSPS) is 11.9. The van der Waals surface area contributed by atoms with Crippen LogP contribution in [0.25, 0.3) is 0 Å². The molecular weight excluding hydrogens is 376 g/mol. The highest BCUT2D eigenvalue weighted by atomic mass is 35.5. The zero-order valence-corrected chi connectivity index (χ0v) is 15.1. The topological polar surface area (TPSA) is 56.2 Å². The Morgan fingerprint density at radius 2 is 2.04 bits per heavy atom. The van der Waals surface area contributed by atoms with Crippen LogP contribution in [0.1, 0.15) is 17.4 Å². The second-order valence-corrected chi connectivity index (χ2v) is 6.22. The largest absolute Gasteiger partial charge is 0.482 e. The van der Waals surface area contributed by atoms with E-state index in [0.29, 0.717) is 11.4 Å². The molecule has 0 saturated heterocycles. The summed E-state index contributed by atoms with van der Waals surface area (Å²) in [6, 6.07) is 8.86. The summed E-state index contributed by atoms with van der Waals surface area (Å²) in [5, 5.41) is 2.84. The zero-order valence-electron chi connectivity index (χ0n) is 14.3. The molecule has 0 saturated carbocycles. The molecule has 0 aliphatic heterocycles. The van der Waals surface area contributed by atoms with Gasteiger partial charge in [-0.1, -0.05) is 23.7 Å². The minimum Gasteiger partial charge on any atom is -0.482 e. The molecule has 0 spiro atoms. The van der Waals surface area contributed by atoms with Crippen molar-refractivity contribution in [2.75, 3.05) is 6.61 Å². The molecule has 1 heterocycles. The van der Waals surface area contributed by atoms with Crippen LogP contribution in [0.3, 0.4) is 0 Å². The molecule has 140 valence electrons. The fraction of sp³-hybridized carbons (Fsp3) is 0.158. The minimum atomic E-state index is -0.666. The van der Waals surface area contributed by atoms with Crippen molar-refractivity contribution in [3.05, 3.63) is 82.9 Å². The van der Waals surface area contributed by atoms with Gasteiger partial charge >= 0.3 is 0 Å². The van der Waals surface area contributed by atoms with E-state index in [9.17, 15) is 13.6 Å². The highest BCUT2D eigenvalue weighted by Crippen LogP contribution is 2.25. The van der Waals surface area contributed by atoms with Gasteiger partial charge in [0.15, 0.2) is 6.61 Å². The molecule has 8 heteroatoms. The van der Waals surface area contributed by atoms with Crippen molar-refractivity contribution in [3.63, 3.8) is 0 Å². The van der Waals surface area contributed by atoms with E-state index in [2.05, 4.69) is 10.3 Å². The number of nitrogens with zero attached hydrogens (tertiary/aromatic N) is 2. The van der Waals surface area contributed by atoms with Gasteiger partial charge in [-0.2, -0.15) is 0 Å². The summed E-state index contributed by atoms with van der Waals surface area (Å²) in [5.41, 5.74) is 0.539. The van der Waals surface area contributed by atoms with Crippen LogP contribution in [-0.2, 0) is 11.8 Å². The Balaban J connectivity index is 1.76. The molecule has 1 N–H and O–H groups in total. The SMILES string of the molecule is Cn1ccnc1[C@H](NC(=O)COc1ccc(F)cc1Cl)c1cccc(F)c1. The van der Waals surface area contributed by atoms with Crippen LogP contribution in [0.2, 0.25) is 5.02 Å². The first-order chi connectivity index (χ1) is 12.9. The van der Waals surface area contributed by atoms with E-state index in [-0.39, 0.29) is 17.4 Å². The van der Waals surface area contributed by atoms with Crippen LogP contribution in [0.4, 0.5) is 8.78 Å². The number of aromatic nitrogens is 2. The fourth-order valence-corrected chi connectivity index (χ4v) is 2.80. The van der Waals surface area contributed by atoms with Crippen LogP contribution < -0.4 is 10.1 Å². The second-order valence-electron chi connectivity index (χ2n) is 5.82. The maximum atomic E-state index is 13.6. The van der Waals surface area contributed by atoms with Gasteiger partial charge in [0.05, 0.1) is 5.02 Å². The Hall–Kier alpha value is -2.93. The second kappa shape index (κ2) is 8.18. The third-order valence-corrected chi connectivity index (χ3v) is 4.15. The van der Waals surface area contributed by atoms with Gasteiger partial charge in [-0.05, 0) is 35.9 Å². The third kappa shape index (κ3) is 4.62. The molecule has 3 aromatic rings. The van der Waals surface area contributed by atoms with Crippen LogP contribution in [0.5, 0.6) is 5.75 Å². The van der Waals surface area contributed by atoms with Crippen LogP contribution in [-0.4, -0.2) is 22.1 Å². The number of aryl methyl sites for hydroxylation is 1. The number of amides is 1. The minimum absolute atomic E-state index is 0.0635. The summed E-state index contributed by atoms with van der Waals surface area (Å²) in [7, 11) is 1.77. The number of carbonyl (C=O) groups excluding carboxylic acids is 1. The molecule has 0 unspecified atom stereocenters. The summed E-state index contributed by atoms with van der Waals surface area (Å²) in [6.07, 6.45) is 3.31. The number of hydrogen-bond acceptors (Lipinski definition) is 3. The van der Waals surface area contributed by atoms with Crippen LogP contribution >= 0.6 is 11.6 Å². The van der Waals surface area contributed by atoms with Crippen molar-refractivity contribution < 1.29 is 18.3 Å². The summed E-state index contributed by atoms with van der Waals surface area (Å²) in [4.78, 5) is 16.6. The van der Waals surface area contributed by atoms with Crippen LogP contribution in [0, 0.1) is 11.6 Å². The first-order valence-corrected chi connectivity index (χ1v) is 8.41. The predicted molar refractivity (Wildman–Crippen MR) is 96.5 cm³/mol. The predicted octanol–water partition coefficient (Wildman–Crippen LogP) is 3.64. The Morgan fingerprint density at radius 1 is 1.26 bits per heavy atom. The van der Waals surface area contributed by atoms with Crippen molar-refractivity contribution in [3.8, 4) is 5.75 Å². The van der Waals surface area contributed by atoms with E-state index in [4.69, 9.17) is 16.3 Å². The smallest absolute Gasteiger partial charge is 0.258 e. The highest BCUT2D eigenvalue weighted by Gasteiger charge is 2.21. The Morgan fingerprint density at radius 3 is 2.70 bits per heavy atom. The Labute approximate surface area is 159 Å². The van der Waals surface area contributed by atoms with E-state index < -0.39 is 23.6 Å². The monoisotopic (exact) mass is 391 g/mol. The van der Waals surface area contributed by atoms with E-state index >= 15 is 0 Å². The third-order valence-electron chi connectivity index (χ3n) is 3.86. The average Bonchev–Trinajstić information content (AvgIpc) is 3.04. The lowest BCUT2D eigenvalue weighted by molar-refractivity contribution is -0.123. The van der Waals surface area contributed by atoms with Gasteiger partial charge in [0.25, 0.3) is 5.91 Å². The molecule has 0 aliphatic carbocycles. The molecule has 1 atom stereocenters. The molecule has 2 aromatic carbocycles. The summed E-state index contributed by atoms with van der Waals surface area (Å²) in [5.74, 6) is -0.665. The number of nitrogens with one attached hydrogen (secondary N) is 1. The van der Waals surface area contributed by atoms with Gasteiger partial charge in [-0.15, -0.1) is 0 Å². The number of rotatable bonds is 6. The molecule has 1 amide bonds. The lowest BCUT2D eigenvalue weighted by Crippen LogP contribution is -2.34. The number of halogens is 3. The van der Waals surface area contributed by atoms with Crippen molar-refractivity contribution in [2.45, 2.75) is 6.04 Å². The number of hydrogen-bond donors (Lipinski definition) is 1. The number of imidazole rings is 1. The molecule has 0 fully saturated rings. The molecule has 27 heavy (non-hydrogen) atoms. The van der Waals surface area contributed by atoms with Crippen LogP contribution in [0.15, 0.2) is 54.9 Å². The molecule has 0 bridgehead atoms. The first kappa shape index (κ1) is 18.8. The van der Waals surface area contributed by atoms with Gasteiger partial charge in [-0.3, -0.25) is 4.79 Å². The molecular formula is C19H16ClF2N3O2. The fourth-order valence-electron chi connectivity index (χ4n) is 2.58. The lowest BCUT2D eigenvalue weighted by atomic mass is 10.1. The summed E-state index contributed by atoms with van der Waals surface area (Å²) < 4.78 is 33.8. The van der Waals surface area contributed by atoms with Crippen molar-refractivity contribution in [2.24, 2.45) is 7.05 Å². The first-order valence-electron chi connectivity index (χ1n) is 8.04. The average molecular weight is 392 g/mol. The quantitative estimate of drug-likeness (QED) is 0.698. The maximum Gasteiger partial charge on any atom is 0.258 e. The molecule has 1 aromatic heterocycles. The highest BCUT2D eigenvalue weighted by molar-refractivity contribution is 6.32. The Kier molecular flexibility index (Phi) is 5.71. The zero-order chi connectivity index (χ0) is 19.4. The van der Waals surface area contributed by atoms with E-state index in [1.165, 1.54) is 24.3 Å². The standard InChI is InChI=1S/C19H16ClF2N3O2/c1-25-8-7-23-19(25)18(12-3-2-4-13(21)9-12)24-17(26)11-27-16-6-5-14(22)10-15(16)20/h2-10,18H,11H2,1H3,(H,24,26)/t18-/m1/s1. The molecule has 0 aliphatic rings. The summed E-state index contributed by atoms with van der Waals surface area (Å²) in [6.45, 7) is -0.346. The van der Waals surface area contributed by atoms with Gasteiger partial charge < -0.3 is 14.6 Å². The van der Waals surface area contributed by atoms with E-state index in [1.54, 1.807) is 36.1 Å². The number of ether oxygens (including phenoxy) is 1. The Bertz CT molecular complexity index is 962. The van der Waals surface area contributed by atoms with Crippen molar-refractivity contribution in [1.82, 2.24) is 14.9 Å². The molecule has 3 rings (SSSR count). The molecule has 5 nitrogen and oxygen atoms in total.